The van der Waals surface area contributed by atoms with E-state index in [0.717, 1.165) is 44.2 Å². The molecule has 4 rings (SSSR count). The Morgan fingerprint density at radius 1 is 1.09 bits per heavy atom. The van der Waals surface area contributed by atoms with E-state index in [9.17, 15) is 19.2 Å². The summed E-state index contributed by atoms with van der Waals surface area (Å²) in [5.41, 5.74) is 7.45. The van der Waals surface area contributed by atoms with Crippen LogP contribution in [0.2, 0.25) is 0 Å². The number of fused-ring (bicyclic) bond motifs is 2. The molecule has 2 fully saturated rings. The quantitative estimate of drug-likeness (QED) is 0.346. The Balaban J connectivity index is 1.52. The van der Waals surface area contributed by atoms with Gasteiger partial charge in [-0.25, -0.2) is 4.79 Å². The lowest BCUT2D eigenvalue weighted by Gasteiger charge is -2.44. The highest BCUT2D eigenvalue weighted by molar-refractivity contribution is 5.94. The number of likely N-dealkylation sites (N-methyl/N-ethyl adjacent to an activating group) is 1. The molecule has 5 atom stereocenters. The molecule has 1 aliphatic carbocycles. The first kappa shape index (κ1) is 33.7. The van der Waals surface area contributed by atoms with E-state index < -0.39 is 35.7 Å². The number of nitrogens with one attached hydrogen (secondary N) is 2. The van der Waals surface area contributed by atoms with Crippen molar-refractivity contribution in [3.8, 4) is 0 Å². The molecule has 0 bridgehead atoms. The van der Waals surface area contributed by atoms with Crippen molar-refractivity contribution in [1.29, 1.82) is 0 Å². The molecule has 0 radical (unpaired) electrons. The Kier molecular flexibility index (Phi) is 11.3. The third-order valence-electron chi connectivity index (χ3n) is 9.17. The highest BCUT2D eigenvalue weighted by Crippen LogP contribution is 2.31. The van der Waals surface area contributed by atoms with Crippen molar-refractivity contribution >= 4 is 23.8 Å². The summed E-state index contributed by atoms with van der Waals surface area (Å²) in [5, 5.41) is 6.20. The Bertz CT molecular complexity index is 1190. The Morgan fingerprint density at radius 2 is 1.84 bits per heavy atom. The Labute approximate surface area is 262 Å². The first-order valence-electron chi connectivity index (χ1n) is 16.3. The number of nitrogens with two attached hydrogens (primary N) is 1. The molecule has 0 saturated carbocycles. The molecular weight excluding hydrogens is 560 g/mol. The second-order valence-corrected chi connectivity index (χ2v) is 13.6. The van der Waals surface area contributed by atoms with Crippen molar-refractivity contribution in [2.24, 2.45) is 5.73 Å². The highest BCUT2D eigenvalue weighted by atomic mass is 16.6. The zero-order valence-corrected chi connectivity index (χ0v) is 27.1. The molecule has 244 valence electrons. The number of hydrogen-bond acceptors (Lipinski definition) is 7. The molecule has 2 saturated heterocycles. The molecular formula is C33H52N6O5. The first-order valence-corrected chi connectivity index (χ1v) is 16.3. The minimum Gasteiger partial charge on any atom is -0.444 e. The highest BCUT2D eigenvalue weighted by Gasteiger charge is 2.44. The lowest BCUT2D eigenvalue weighted by Crippen LogP contribution is -2.65. The van der Waals surface area contributed by atoms with Gasteiger partial charge in [-0.15, -0.1) is 0 Å². The SMILES string of the molecule is C[C@@H](C(=O)N[C@@H](CCCCN)C(=O)N1C[C@H]2CCCN2C[C@H]1C(=O)N[C@@H]1CCCc2ccccc21)N(C)C(=O)OC(C)(C)C. The summed E-state index contributed by atoms with van der Waals surface area (Å²) in [6.45, 7) is 9.19. The molecule has 11 nitrogen and oxygen atoms in total. The summed E-state index contributed by atoms with van der Waals surface area (Å²) in [6, 6.07) is 5.96. The van der Waals surface area contributed by atoms with Crippen molar-refractivity contribution < 1.29 is 23.9 Å². The maximum Gasteiger partial charge on any atom is 0.410 e. The number of carbonyl (C=O) groups excluding carboxylic acids is 4. The van der Waals surface area contributed by atoms with Gasteiger partial charge in [0, 0.05) is 26.2 Å². The van der Waals surface area contributed by atoms with Gasteiger partial charge >= 0.3 is 6.09 Å². The van der Waals surface area contributed by atoms with Crippen LogP contribution in [-0.2, 0) is 25.5 Å². The van der Waals surface area contributed by atoms with Gasteiger partial charge in [0.05, 0.1) is 6.04 Å². The van der Waals surface area contributed by atoms with Gasteiger partial charge in [-0.3, -0.25) is 24.2 Å². The lowest BCUT2D eigenvalue weighted by molar-refractivity contribution is -0.148. The van der Waals surface area contributed by atoms with E-state index in [1.54, 1.807) is 32.6 Å². The van der Waals surface area contributed by atoms with Gasteiger partial charge in [-0.1, -0.05) is 24.3 Å². The van der Waals surface area contributed by atoms with Crippen LogP contribution in [0.15, 0.2) is 24.3 Å². The summed E-state index contributed by atoms with van der Waals surface area (Å²) in [4.78, 5) is 59.6. The topological polar surface area (TPSA) is 137 Å². The van der Waals surface area contributed by atoms with Gasteiger partial charge in [0.25, 0.3) is 0 Å². The van der Waals surface area contributed by atoms with Crippen LogP contribution in [0.25, 0.3) is 0 Å². The fourth-order valence-corrected chi connectivity index (χ4v) is 6.57. The van der Waals surface area contributed by atoms with Gasteiger partial charge in [0.2, 0.25) is 17.7 Å². The average Bonchev–Trinajstić information content (AvgIpc) is 3.46. The molecule has 3 aliphatic rings. The lowest BCUT2D eigenvalue weighted by atomic mass is 9.87. The van der Waals surface area contributed by atoms with E-state index in [0.29, 0.717) is 38.9 Å². The van der Waals surface area contributed by atoms with Crippen molar-refractivity contribution in [1.82, 2.24) is 25.3 Å². The van der Waals surface area contributed by atoms with E-state index in [2.05, 4.69) is 27.7 Å². The second-order valence-electron chi connectivity index (χ2n) is 13.6. The summed E-state index contributed by atoms with van der Waals surface area (Å²) < 4.78 is 5.43. The molecule has 2 heterocycles. The zero-order chi connectivity index (χ0) is 32.0. The molecule has 0 aromatic heterocycles. The molecule has 4 amide bonds. The number of nitrogens with zero attached hydrogens (tertiary/aromatic N) is 3. The molecule has 2 aliphatic heterocycles. The number of carbonyl (C=O) groups is 4. The second kappa shape index (κ2) is 14.7. The third-order valence-corrected chi connectivity index (χ3v) is 9.17. The molecule has 1 aromatic rings. The van der Waals surface area contributed by atoms with Crippen LogP contribution in [0.5, 0.6) is 0 Å². The van der Waals surface area contributed by atoms with E-state index in [4.69, 9.17) is 10.5 Å². The first-order chi connectivity index (χ1) is 20.9. The monoisotopic (exact) mass is 612 g/mol. The standard InChI is InChI=1S/C33H52N6O5/c1-22(37(5)32(43)44-33(2,3)4)29(40)36-27(16-8-9-18-34)31(42)39-20-24-14-11-19-38(24)21-28(39)30(41)35-26-17-10-13-23-12-6-7-15-25(23)26/h6-7,12,15,22,24,26-28H,8-11,13-14,16-21,34H2,1-5H3,(H,35,41)(H,36,40)/t22-,24+,26+,27-,28-/m0/s1. The summed E-state index contributed by atoms with van der Waals surface area (Å²) >= 11 is 0. The third kappa shape index (κ3) is 8.29. The fraction of sp³-hybridized carbons (Fsp3) is 0.697. The number of benzene rings is 1. The van der Waals surface area contributed by atoms with Crippen LogP contribution in [0, 0.1) is 0 Å². The van der Waals surface area contributed by atoms with Gasteiger partial charge < -0.3 is 26.0 Å². The number of rotatable bonds is 10. The predicted octanol–water partition coefficient (Wildman–Crippen LogP) is 2.72. The van der Waals surface area contributed by atoms with E-state index in [1.807, 2.05) is 12.1 Å². The normalized spacial score (nSPS) is 23.1. The van der Waals surface area contributed by atoms with Crippen LogP contribution in [-0.4, -0.2) is 102 Å². The number of hydrogen-bond donors (Lipinski definition) is 3. The number of piperazine rings is 1. The maximum absolute atomic E-state index is 14.3. The maximum atomic E-state index is 14.3. The summed E-state index contributed by atoms with van der Waals surface area (Å²) in [7, 11) is 1.51. The summed E-state index contributed by atoms with van der Waals surface area (Å²) in [5.74, 6) is -0.877. The van der Waals surface area contributed by atoms with E-state index in [-0.39, 0.29) is 23.9 Å². The van der Waals surface area contributed by atoms with Crippen LogP contribution in [0.4, 0.5) is 4.79 Å². The van der Waals surface area contributed by atoms with E-state index in [1.165, 1.54) is 17.5 Å². The van der Waals surface area contributed by atoms with Crippen LogP contribution in [0.1, 0.15) is 89.8 Å². The minimum absolute atomic E-state index is 0.0926. The zero-order valence-electron chi connectivity index (χ0n) is 27.1. The van der Waals surface area contributed by atoms with Gasteiger partial charge in [-0.05, 0) is 103 Å². The molecule has 44 heavy (non-hydrogen) atoms. The van der Waals surface area contributed by atoms with E-state index >= 15 is 0 Å². The largest absolute Gasteiger partial charge is 0.444 e. The Hall–Kier alpha value is -3.18. The van der Waals surface area contributed by atoms with Crippen molar-refractivity contribution in [2.75, 3.05) is 33.2 Å². The number of amides is 4. The van der Waals surface area contributed by atoms with Crippen molar-refractivity contribution in [3.63, 3.8) is 0 Å². The molecule has 11 heteroatoms. The Morgan fingerprint density at radius 3 is 2.57 bits per heavy atom. The van der Waals surface area contributed by atoms with Gasteiger partial charge in [0.15, 0.2) is 0 Å². The predicted molar refractivity (Wildman–Crippen MR) is 169 cm³/mol. The summed E-state index contributed by atoms with van der Waals surface area (Å²) in [6.07, 6.45) is 5.96. The van der Waals surface area contributed by atoms with Crippen LogP contribution >= 0.6 is 0 Å². The van der Waals surface area contributed by atoms with Crippen molar-refractivity contribution in [2.45, 2.75) is 115 Å². The number of ether oxygens (including phenoxy) is 1. The smallest absolute Gasteiger partial charge is 0.410 e. The minimum atomic E-state index is -0.869. The molecule has 4 N–H and O–H groups in total. The molecule has 1 aromatic carbocycles. The van der Waals surface area contributed by atoms with Crippen LogP contribution < -0.4 is 16.4 Å². The number of unbranched alkanes of at least 4 members (excludes halogenated alkanes) is 1. The van der Waals surface area contributed by atoms with Gasteiger partial charge in [-0.2, -0.15) is 0 Å². The molecule has 0 unspecified atom stereocenters. The van der Waals surface area contributed by atoms with Gasteiger partial charge in [0.1, 0.15) is 23.7 Å². The molecule has 0 spiro atoms. The average molecular weight is 613 g/mol. The number of aryl methyl sites for hydroxylation is 1. The fourth-order valence-electron chi connectivity index (χ4n) is 6.57. The van der Waals surface area contributed by atoms with Crippen molar-refractivity contribution in [3.05, 3.63) is 35.4 Å². The van der Waals surface area contributed by atoms with Crippen LogP contribution in [0.3, 0.4) is 0 Å².